The minimum absolute atomic E-state index is 1.06. The van der Waals surface area contributed by atoms with Crippen LogP contribution < -0.4 is 5.19 Å². The quantitative estimate of drug-likeness (QED) is 0.677. The van der Waals surface area contributed by atoms with Gasteiger partial charge in [-0.25, -0.2) is 0 Å². The molecule has 21 heavy (non-hydrogen) atoms. The van der Waals surface area contributed by atoms with Gasteiger partial charge in [-0.1, -0.05) is 59.8 Å². The third-order valence-corrected chi connectivity index (χ3v) is 7.61. The van der Waals surface area contributed by atoms with Gasteiger partial charge in [0.25, 0.3) is 0 Å². The molecule has 110 valence electrons. The number of benzene rings is 2. The predicted octanol–water partition coefficient (Wildman–Crippen LogP) is 4.99. The van der Waals surface area contributed by atoms with E-state index in [0.29, 0.717) is 0 Å². The molecule has 0 nitrogen and oxygen atoms in total. The lowest BCUT2D eigenvalue weighted by atomic mass is 9.86. The fraction of sp³-hybridized carbons (Fsp3) is 0.368. The number of rotatable bonds is 3. The van der Waals surface area contributed by atoms with Crippen molar-refractivity contribution in [1.82, 2.24) is 0 Å². The molecule has 0 unspecified atom stereocenters. The number of aryl methyl sites for hydroxylation is 3. The highest BCUT2D eigenvalue weighted by molar-refractivity contribution is 9.10. The summed E-state index contributed by atoms with van der Waals surface area (Å²) in [7, 11) is -1.30. The van der Waals surface area contributed by atoms with Crippen molar-refractivity contribution in [3.63, 3.8) is 0 Å². The first-order valence-electron chi connectivity index (χ1n) is 7.75. The standard InChI is InChI=1S/C19H23BrSi/c1-13-9-18(20)19(21(2,3)4)12-17(13)11-14-5-6-15-7-8-16(15)10-14/h5-6,9-10,12H,7-8,11H2,1-4H3. The Bertz CT molecular complexity index is 695. The Morgan fingerprint density at radius 1 is 1.00 bits per heavy atom. The summed E-state index contributed by atoms with van der Waals surface area (Å²) < 4.78 is 1.29. The van der Waals surface area contributed by atoms with Crippen molar-refractivity contribution in [2.24, 2.45) is 0 Å². The second-order valence-electron chi connectivity index (χ2n) is 7.29. The van der Waals surface area contributed by atoms with Gasteiger partial charge in [-0.2, -0.15) is 0 Å². The van der Waals surface area contributed by atoms with Gasteiger partial charge in [-0.3, -0.25) is 0 Å². The lowest BCUT2D eigenvalue weighted by Crippen LogP contribution is -2.39. The van der Waals surface area contributed by atoms with E-state index in [9.17, 15) is 0 Å². The second kappa shape index (κ2) is 5.40. The molecule has 0 fully saturated rings. The van der Waals surface area contributed by atoms with Crippen LogP contribution in [0.5, 0.6) is 0 Å². The van der Waals surface area contributed by atoms with Crippen molar-refractivity contribution >= 4 is 29.2 Å². The molecule has 1 aliphatic rings. The molecule has 2 aromatic rings. The van der Waals surface area contributed by atoms with E-state index < -0.39 is 8.07 Å². The van der Waals surface area contributed by atoms with Crippen LogP contribution in [0.2, 0.25) is 19.6 Å². The number of hydrogen-bond donors (Lipinski definition) is 0. The molecule has 1 aliphatic carbocycles. The van der Waals surface area contributed by atoms with Crippen LogP contribution >= 0.6 is 15.9 Å². The molecular formula is C19H23BrSi. The average molecular weight is 359 g/mol. The largest absolute Gasteiger partial charge is 0.0790 e. The van der Waals surface area contributed by atoms with Crippen LogP contribution in [0.15, 0.2) is 34.8 Å². The average Bonchev–Trinajstić information content (AvgIpc) is 2.34. The van der Waals surface area contributed by atoms with Crippen LogP contribution in [0.1, 0.15) is 27.8 Å². The van der Waals surface area contributed by atoms with Crippen molar-refractivity contribution in [2.75, 3.05) is 0 Å². The lowest BCUT2D eigenvalue weighted by molar-refractivity contribution is 0.834. The van der Waals surface area contributed by atoms with Gasteiger partial charge >= 0.3 is 0 Å². The highest BCUT2D eigenvalue weighted by Crippen LogP contribution is 2.26. The summed E-state index contributed by atoms with van der Waals surface area (Å²) >= 11 is 3.77. The zero-order valence-electron chi connectivity index (χ0n) is 13.4. The summed E-state index contributed by atoms with van der Waals surface area (Å²) in [5.74, 6) is 0. The van der Waals surface area contributed by atoms with Crippen LogP contribution in [0, 0.1) is 6.92 Å². The molecule has 0 bridgehead atoms. The van der Waals surface area contributed by atoms with Crippen LogP contribution in [0.25, 0.3) is 0 Å². The fourth-order valence-electron chi connectivity index (χ4n) is 3.06. The molecule has 0 atom stereocenters. The third-order valence-electron chi connectivity index (χ3n) is 4.56. The smallest absolute Gasteiger partial charge is 0.0656 e. The molecule has 0 N–H and O–H groups in total. The highest BCUT2D eigenvalue weighted by atomic mass is 79.9. The predicted molar refractivity (Wildman–Crippen MR) is 98.5 cm³/mol. The van der Waals surface area contributed by atoms with Crippen LogP contribution in [0.3, 0.4) is 0 Å². The van der Waals surface area contributed by atoms with Crippen molar-refractivity contribution < 1.29 is 0 Å². The second-order valence-corrected chi connectivity index (χ2v) is 13.2. The maximum absolute atomic E-state index is 3.77. The van der Waals surface area contributed by atoms with Crippen molar-refractivity contribution in [2.45, 2.75) is 45.8 Å². The maximum Gasteiger partial charge on any atom is 0.0790 e. The first-order chi connectivity index (χ1) is 9.84. The number of hydrogen-bond acceptors (Lipinski definition) is 0. The highest BCUT2D eigenvalue weighted by Gasteiger charge is 2.21. The lowest BCUT2D eigenvalue weighted by Gasteiger charge is -2.22. The van der Waals surface area contributed by atoms with E-state index in [4.69, 9.17) is 0 Å². The van der Waals surface area contributed by atoms with Gasteiger partial charge in [0.2, 0.25) is 0 Å². The number of fused-ring (bicyclic) bond motifs is 1. The van der Waals surface area contributed by atoms with Gasteiger partial charge in [0.15, 0.2) is 0 Å². The van der Waals surface area contributed by atoms with E-state index in [1.54, 1.807) is 11.1 Å². The van der Waals surface area contributed by atoms with Crippen LogP contribution in [0.4, 0.5) is 0 Å². The topological polar surface area (TPSA) is 0 Å². The van der Waals surface area contributed by atoms with Gasteiger partial charge in [0, 0.05) is 4.47 Å². The van der Waals surface area contributed by atoms with Gasteiger partial charge in [-0.15, -0.1) is 0 Å². The SMILES string of the molecule is Cc1cc(Br)c([Si](C)(C)C)cc1Cc1ccc2c(c1)CC2. The Kier molecular flexibility index (Phi) is 3.87. The summed E-state index contributed by atoms with van der Waals surface area (Å²) in [6, 6.07) is 11.8. The van der Waals surface area contributed by atoms with Crippen LogP contribution in [-0.4, -0.2) is 8.07 Å². The van der Waals surface area contributed by atoms with E-state index in [-0.39, 0.29) is 0 Å². The molecule has 2 heteroatoms. The minimum Gasteiger partial charge on any atom is -0.0656 e. The fourth-order valence-corrected chi connectivity index (χ4v) is 6.70. The summed E-state index contributed by atoms with van der Waals surface area (Å²) in [6.07, 6.45) is 3.60. The Labute approximate surface area is 137 Å². The third kappa shape index (κ3) is 3.02. The summed E-state index contributed by atoms with van der Waals surface area (Å²) in [5, 5.41) is 1.53. The first kappa shape index (κ1) is 15.0. The van der Waals surface area contributed by atoms with Gasteiger partial charge in [0.05, 0.1) is 8.07 Å². The van der Waals surface area contributed by atoms with Crippen molar-refractivity contribution in [1.29, 1.82) is 0 Å². The summed E-state index contributed by atoms with van der Waals surface area (Å²) in [5.41, 5.74) is 7.45. The first-order valence-corrected chi connectivity index (χ1v) is 12.0. The van der Waals surface area contributed by atoms with Crippen molar-refractivity contribution in [3.8, 4) is 0 Å². The van der Waals surface area contributed by atoms with E-state index in [1.807, 2.05) is 0 Å². The molecule has 0 saturated carbocycles. The van der Waals surface area contributed by atoms with Crippen molar-refractivity contribution in [3.05, 3.63) is 62.6 Å². The minimum atomic E-state index is -1.30. The molecule has 0 radical (unpaired) electrons. The molecule has 3 rings (SSSR count). The van der Waals surface area contributed by atoms with E-state index >= 15 is 0 Å². The van der Waals surface area contributed by atoms with Crippen LogP contribution in [-0.2, 0) is 19.3 Å². The Morgan fingerprint density at radius 3 is 2.29 bits per heavy atom. The Morgan fingerprint density at radius 2 is 1.71 bits per heavy atom. The monoisotopic (exact) mass is 358 g/mol. The number of halogens is 1. The summed E-state index contributed by atoms with van der Waals surface area (Å²) in [4.78, 5) is 0. The maximum atomic E-state index is 3.77. The van der Waals surface area contributed by atoms with E-state index in [2.05, 4.69) is 72.8 Å². The molecular weight excluding hydrogens is 336 g/mol. The summed E-state index contributed by atoms with van der Waals surface area (Å²) in [6.45, 7) is 9.47. The molecule has 0 heterocycles. The molecule has 0 amide bonds. The van der Waals surface area contributed by atoms with Gasteiger partial charge in [0.1, 0.15) is 0 Å². The van der Waals surface area contributed by atoms with Gasteiger partial charge < -0.3 is 0 Å². The zero-order chi connectivity index (χ0) is 15.2. The van der Waals surface area contributed by atoms with E-state index in [0.717, 1.165) is 6.42 Å². The van der Waals surface area contributed by atoms with Gasteiger partial charge in [-0.05, 0) is 65.3 Å². The molecule has 0 spiro atoms. The zero-order valence-corrected chi connectivity index (χ0v) is 16.0. The molecule has 2 aromatic carbocycles. The molecule has 0 saturated heterocycles. The Balaban J connectivity index is 1.96. The molecule has 0 aromatic heterocycles. The Hall–Kier alpha value is -0.863. The van der Waals surface area contributed by atoms with E-state index in [1.165, 1.54) is 39.2 Å². The normalized spacial score (nSPS) is 13.8. The molecule has 0 aliphatic heterocycles.